The molecule has 9 heavy (non-hydrogen) atoms. The fraction of sp³-hybridized carbons (Fsp3) is 0.143. The van der Waals surface area contributed by atoms with Crippen LogP contribution in [0.5, 0.6) is 0 Å². The van der Waals surface area contributed by atoms with E-state index in [0.717, 1.165) is 11.3 Å². The summed E-state index contributed by atoms with van der Waals surface area (Å²) >= 11 is 0. The van der Waals surface area contributed by atoms with E-state index in [4.69, 9.17) is 0 Å². The zero-order valence-electron chi connectivity index (χ0n) is 5.89. The Morgan fingerprint density at radius 1 is 1.56 bits per heavy atom. The van der Waals surface area contributed by atoms with Gasteiger partial charge in [-0.15, -0.1) is 13.0 Å². The van der Waals surface area contributed by atoms with Gasteiger partial charge in [0.1, 0.15) is 0 Å². The molecule has 0 aliphatic heterocycles. The van der Waals surface area contributed by atoms with Crippen molar-refractivity contribution in [2.45, 2.75) is 6.92 Å². The van der Waals surface area contributed by atoms with Gasteiger partial charge in [-0.05, 0) is 0 Å². The SMILES string of the molecule is [CH2-]c1ncccc1C.[Li+]. The van der Waals surface area contributed by atoms with E-state index in [-0.39, 0.29) is 18.9 Å². The van der Waals surface area contributed by atoms with Crippen molar-refractivity contribution in [3.63, 3.8) is 0 Å². The summed E-state index contributed by atoms with van der Waals surface area (Å²) < 4.78 is 0. The summed E-state index contributed by atoms with van der Waals surface area (Å²) in [5, 5.41) is 0. The summed E-state index contributed by atoms with van der Waals surface area (Å²) in [5.74, 6) is 0. The minimum atomic E-state index is 0. The molecule has 0 fully saturated rings. The first-order valence-corrected chi connectivity index (χ1v) is 2.54. The minimum Gasteiger partial charge on any atom is -0.295 e. The zero-order chi connectivity index (χ0) is 5.98. The molecule has 0 N–H and O–H groups in total. The molecular weight excluding hydrogens is 105 g/mol. The molecule has 0 saturated heterocycles. The summed E-state index contributed by atoms with van der Waals surface area (Å²) in [4.78, 5) is 3.97. The van der Waals surface area contributed by atoms with Gasteiger partial charge in [0.25, 0.3) is 0 Å². The molecule has 0 unspecified atom stereocenters. The van der Waals surface area contributed by atoms with Gasteiger partial charge in [-0.2, -0.15) is 5.56 Å². The first kappa shape index (κ1) is 8.62. The maximum atomic E-state index is 3.97. The van der Waals surface area contributed by atoms with Gasteiger partial charge in [0.15, 0.2) is 0 Å². The molecule has 1 aromatic rings. The molecule has 0 bridgehead atoms. The normalized spacial score (nSPS) is 8.11. The molecule has 1 nitrogen and oxygen atoms in total. The fourth-order valence-electron chi connectivity index (χ4n) is 0.518. The van der Waals surface area contributed by atoms with Crippen molar-refractivity contribution < 1.29 is 18.9 Å². The largest absolute Gasteiger partial charge is 1.00 e. The van der Waals surface area contributed by atoms with Crippen LogP contribution in [0, 0.1) is 13.8 Å². The Bertz CT molecular complexity index is 165. The van der Waals surface area contributed by atoms with Crippen LogP contribution in [0.2, 0.25) is 0 Å². The third-order valence-electron chi connectivity index (χ3n) is 1.12. The Balaban J connectivity index is 0.000000640. The Morgan fingerprint density at radius 3 is 2.56 bits per heavy atom. The molecule has 1 heterocycles. The van der Waals surface area contributed by atoms with E-state index in [1.807, 2.05) is 19.1 Å². The van der Waals surface area contributed by atoms with Crippen LogP contribution in [0.4, 0.5) is 0 Å². The van der Waals surface area contributed by atoms with Gasteiger partial charge in [-0.3, -0.25) is 4.98 Å². The Labute approximate surface area is 67.7 Å². The smallest absolute Gasteiger partial charge is 0.295 e. The van der Waals surface area contributed by atoms with Gasteiger partial charge < -0.3 is 0 Å². The standard InChI is InChI=1S/C7H8N.Li/c1-6-4-3-5-8-7(6)2;/h3-5H,2H2,1H3;/q-1;+1. The first-order chi connectivity index (χ1) is 3.80. The maximum absolute atomic E-state index is 3.97. The number of hydrogen-bond donors (Lipinski definition) is 0. The van der Waals surface area contributed by atoms with Crippen LogP contribution < -0.4 is 18.9 Å². The maximum Gasteiger partial charge on any atom is 1.00 e. The third kappa shape index (κ3) is 2.13. The predicted octanol–water partition coefficient (Wildman–Crippen LogP) is -1.42. The molecule has 0 saturated carbocycles. The van der Waals surface area contributed by atoms with Crippen molar-refractivity contribution in [2.75, 3.05) is 0 Å². The second-order valence-corrected chi connectivity index (χ2v) is 1.77. The molecule has 1 aromatic heterocycles. The van der Waals surface area contributed by atoms with Crippen molar-refractivity contribution in [3.05, 3.63) is 36.5 Å². The van der Waals surface area contributed by atoms with Crippen LogP contribution in [0.1, 0.15) is 11.3 Å². The Hall–Kier alpha value is -0.383. The van der Waals surface area contributed by atoms with E-state index in [1.165, 1.54) is 0 Å². The second-order valence-electron chi connectivity index (χ2n) is 1.77. The van der Waals surface area contributed by atoms with Crippen molar-refractivity contribution in [3.8, 4) is 0 Å². The van der Waals surface area contributed by atoms with Gasteiger partial charge >= 0.3 is 18.9 Å². The first-order valence-electron chi connectivity index (χ1n) is 2.54. The zero-order valence-corrected chi connectivity index (χ0v) is 5.89. The Morgan fingerprint density at radius 2 is 2.22 bits per heavy atom. The minimum absolute atomic E-state index is 0. The van der Waals surface area contributed by atoms with Crippen LogP contribution in [-0.4, -0.2) is 4.98 Å². The van der Waals surface area contributed by atoms with Gasteiger partial charge in [-0.1, -0.05) is 11.8 Å². The molecule has 0 aliphatic carbocycles. The number of rotatable bonds is 0. The second kappa shape index (κ2) is 3.61. The van der Waals surface area contributed by atoms with Gasteiger partial charge in [0, 0.05) is 6.20 Å². The summed E-state index contributed by atoms with van der Waals surface area (Å²) in [7, 11) is 0. The molecule has 0 atom stereocenters. The van der Waals surface area contributed by atoms with Crippen LogP contribution in [0.25, 0.3) is 0 Å². The van der Waals surface area contributed by atoms with E-state index in [1.54, 1.807) is 6.20 Å². The average molecular weight is 113 g/mol. The average Bonchev–Trinajstić information content (AvgIpc) is 1.77. The van der Waals surface area contributed by atoms with E-state index < -0.39 is 0 Å². The molecule has 42 valence electrons. The van der Waals surface area contributed by atoms with Crippen molar-refractivity contribution in [2.24, 2.45) is 0 Å². The molecule has 0 radical (unpaired) electrons. The molecule has 1 rings (SSSR count). The van der Waals surface area contributed by atoms with Gasteiger partial charge in [0.2, 0.25) is 0 Å². The molecular formula is C7H8LiN. The number of aryl methyl sites for hydroxylation is 1. The molecule has 0 aliphatic rings. The van der Waals surface area contributed by atoms with Crippen molar-refractivity contribution in [1.82, 2.24) is 4.98 Å². The van der Waals surface area contributed by atoms with Crippen molar-refractivity contribution in [1.29, 1.82) is 0 Å². The molecule has 0 spiro atoms. The summed E-state index contributed by atoms with van der Waals surface area (Å²) in [6.07, 6.45) is 1.75. The predicted molar refractivity (Wildman–Crippen MR) is 33.4 cm³/mol. The van der Waals surface area contributed by atoms with E-state index in [9.17, 15) is 0 Å². The number of nitrogens with zero attached hydrogens (tertiary/aromatic N) is 1. The Kier molecular flexibility index (Phi) is 3.45. The monoisotopic (exact) mass is 113 g/mol. The van der Waals surface area contributed by atoms with Gasteiger partial charge in [0.05, 0.1) is 0 Å². The van der Waals surface area contributed by atoms with E-state index >= 15 is 0 Å². The quantitative estimate of drug-likeness (QED) is 0.297. The van der Waals surface area contributed by atoms with Crippen LogP contribution in [-0.2, 0) is 0 Å². The molecule has 2 heteroatoms. The number of aromatic nitrogens is 1. The topological polar surface area (TPSA) is 12.9 Å². The van der Waals surface area contributed by atoms with Crippen molar-refractivity contribution >= 4 is 0 Å². The molecule has 0 amide bonds. The summed E-state index contributed by atoms with van der Waals surface area (Å²) in [6.45, 7) is 5.70. The summed E-state index contributed by atoms with van der Waals surface area (Å²) in [6, 6.07) is 3.90. The van der Waals surface area contributed by atoms with Crippen LogP contribution >= 0.6 is 0 Å². The number of pyridine rings is 1. The fourth-order valence-corrected chi connectivity index (χ4v) is 0.518. The van der Waals surface area contributed by atoms with E-state index in [0.29, 0.717) is 0 Å². The van der Waals surface area contributed by atoms with Crippen LogP contribution in [0.15, 0.2) is 18.3 Å². The van der Waals surface area contributed by atoms with Crippen LogP contribution in [0.3, 0.4) is 0 Å². The summed E-state index contributed by atoms with van der Waals surface area (Å²) in [5.41, 5.74) is 2.01. The number of hydrogen-bond acceptors (Lipinski definition) is 1. The third-order valence-corrected chi connectivity index (χ3v) is 1.12. The van der Waals surface area contributed by atoms with Gasteiger partial charge in [-0.25, -0.2) is 6.92 Å². The molecule has 0 aromatic carbocycles. The van der Waals surface area contributed by atoms with E-state index in [2.05, 4.69) is 11.9 Å².